The molecule has 0 spiro atoms. The molecule has 10 heavy (non-hydrogen) atoms. The molecule has 2 N–H and O–H groups in total. The number of Topliss-reactive ketones (excluding diaryl/α,β-unsaturated/α-hetero) is 2. The van der Waals surface area contributed by atoms with E-state index in [4.69, 9.17) is 10.2 Å². The summed E-state index contributed by atoms with van der Waals surface area (Å²) in [6.45, 7) is 0. The summed E-state index contributed by atoms with van der Waals surface area (Å²) < 4.78 is 0. The maximum absolute atomic E-state index is 10.6. The minimum atomic E-state index is -1.58. The Labute approximate surface area is 57.5 Å². The van der Waals surface area contributed by atoms with Crippen molar-refractivity contribution in [1.82, 2.24) is 0 Å². The van der Waals surface area contributed by atoms with E-state index in [9.17, 15) is 9.59 Å². The number of rotatable bonds is 0. The van der Waals surface area contributed by atoms with E-state index < -0.39 is 23.8 Å². The van der Waals surface area contributed by atoms with Gasteiger partial charge < -0.3 is 10.2 Å². The lowest BCUT2D eigenvalue weighted by Crippen LogP contribution is -2.42. The van der Waals surface area contributed by atoms with Crippen LogP contribution in [0.5, 0.6) is 0 Å². The van der Waals surface area contributed by atoms with Crippen LogP contribution < -0.4 is 0 Å². The molecule has 1 aliphatic carbocycles. The first kappa shape index (κ1) is 7.37. The van der Waals surface area contributed by atoms with Gasteiger partial charge in [0.15, 0.2) is 17.7 Å². The molecular weight excluding hydrogens is 136 g/mol. The first-order chi connectivity index (χ1) is 4.63. The average Bonchev–Trinajstić information content (AvgIpc) is 1.93. The van der Waals surface area contributed by atoms with Crippen molar-refractivity contribution in [1.29, 1.82) is 0 Å². The number of aliphatic hydroxyl groups excluding tert-OH is 2. The van der Waals surface area contributed by atoms with Crippen LogP contribution in [0.15, 0.2) is 0 Å². The first-order valence-electron chi connectivity index (χ1n) is 3.05. The second-order valence-electron chi connectivity index (χ2n) is 2.33. The maximum atomic E-state index is 10.6. The molecule has 1 fully saturated rings. The maximum Gasteiger partial charge on any atom is 0.197 e. The number of hydrogen-bond donors (Lipinski definition) is 2. The third-order valence-electron chi connectivity index (χ3n) is 1.57. The Morgan fingerprint density at radius 2 is 1.90 bits per heavy atom. The van der Waals surface area contributed by atoms with E-state index >= 15 is 0 Å². The fourth-order valence-corrected chi connectivity index (χ4v) is 0.899. The van der Waals surface area contributed by atoms with E-state index in [0.29, 0.717) is 0 Å². The molecule has 2 unspecified atom stereocenters. The Bertz CT molecular complexity index is 175. The van der Waals surface area contributed by atoms with E-state index in [1.54, 1.807) is 0 Å². The average molecular weight is 144 g/mol. The summed E-state index contributed by atoms with van der Waals surface area (Å²) in [5.41, 5.74) is 0. The number of aliphatic hydroxyl groups is 2. The lowest BCUT2D eigenvalue weighted by atomic mass is 9.93. The van der Waals surface area contributed by atoms with Gasteiger partial charge >= 0.3 is 0 Å². The van der Waals surface area contributed by atoms with Crippen LogP contribution in [0, 0.1) is 0 Å². The van der Waals surface area contributed by atoms with Gasteiger partial charge in [0, 0.05) is 6.42 Å². The first-order valence-corrected chi connectivity index (χ1v) is 3.05. The van der Waals surface area contributed by atoms with E-state index in [1.165, 1.54) is 0 Å². The Morgan fingerprint density at radius 1 is 1.30 bits per heavy atom. The Balaban J connectivity index is 2.70. The number of hydrogen-bond acceptors (Lipinski definition) is 4. The highest BCUT2D eigenvalue weighted by molar-refractivity contribution is 6.08. The van der Waals surface area contributed by atoms with Gasteiger partial charge in [0.25, 0.3) is 0 Å². The van der Waals surface area contributed by atoms with Crippen LogP contribution in [-0.4, -0.2) is 34.0 Å². The number of carbonyl (C=O) groups is 2. The van der Waals surface area contributed by atoms with Gasteiger partial charge in [0.2, 0.25) is 0 Å². The van der Waals surface area contributed by atoms with Crippen molar-refractivity contribution in [2.45, 2.75) is 25.0 Å². The fraction of sp³-hybridized carbons (Fsp3) is 0.667. The zero-order chi connectivity index (χ0) is 7.72. The van der Waals surface area contributed by atoms with E-state index in [1.807, 2.05) is 0 Å². The van der Waals surface area contributed by atoms with Gasteiger partial charge in [-0.15, -0.1) is 0 Å². The molecule has 0 heterocycles. The second kappa shape index (κ2) is 2.48. The van der Waals surface area contributed by atoms with Gasteiger partial charge in [-0.3, -0.25) is 9.59 Å². The van der Waals surface area contributed by atoms with Crippen LogP contribution >= 0.6 is 0 Å². The van der Waals surface area contributed by atoms with Crippen LogP contribution in [0.3, 0.4) is 0 Å². The molecule has 0 aromatic carbocycles. The SMILES string of the molecule is O=C1CCC(O)C(=O)C1O. The minimum Gasteiger partial charge on any atom is -0.385 e. The molecule has 0 aliphatic heterocycles. The van der Waals surface area contributed by atoms with Crippen molar-refractivity contribution in [3.63, 3.8) is 0 Å². The summed E-state index contributed by atoms with van der Waals surface area (Å²) in [6, 6.07) is 0. The summed E-state index contributed by atoms with van der Waals surface area (Å²) in [5, 5.41) is 17.6. The Hall–Kier alpha value is -0.740. The highest BCUT2D eigenvalue weighted by Gasteiger charge is 2.34. The quantitative estimate of drug-likeness (QED) is 0.412. The third kappa shape index (κ3) is 1.08. The van der Waals surface area contributed by atoms with Crippen molar-refractivity contribution in [3.05, 3.63) is 0 Å². The minimum absolute atomic E-state index is 0.0913. The lowest BCUT2D eigenvalue weighted by Gasteiger charge is -2.18. The van der Waals surface area contributed by atoms with Gasteiger partial charge in [0.1, 0.15) is 6.10 Å². The fourth-order valence-electron chi connectivity index (χ4n) is 0.899. The van der Waals surface area contributed by atoms with Crippen molar-refractivity contribution in [2.75, 3.05) is 0 Å². The van der Waals surface area contributed by atoms with Crippen LogP contribution in [-0.2, 0) is 9.59 Å². The van der Waals surface area contributed by atoms with Crippen molar-refractivity contribution in [3.8, 4) is 0 Å². The second-order valence-corrected chi connectivity index (χ2v) is 2.33. The van der Waals surface area contributed by atoms with Crippen molar-refractivity contribution >= 4 is 11.6 Å². The largest absolute Gasteiger partial charge is 0.385 e. The van der Waals surface area contributed by atoms with Crippen molar-refractivity contribution in [2.24, 2.45) is 0 Å². The Kier molecular flexibility index (Phi) is 1.82. The van der Waals surface area contributed by atoms with E-state index in [0.717, 1.165) is 0 Å². The molecule has 2 atom stereocenters. The molecular formula is C6H8O4. The smallest absolute Gasteiger partial charge is 0.197 e. The van der Waals surface area contributed by atoms with Gasteiger partial charge in [-0.1, -0.05) is 0 Å². The standard InChI is InChI=1S/C6H8O4/c7-3-1-2-4(8)6(10)5(3)9/h3,6-7,10H,1-2H2. The van der Waals surface area contributed by atoms with Gasteiger partial charge in [-0.25, -0.2) is 0 Å². The highest BCUT2D eigenvalue weighted by Crippen LogP contribution is 2.11. The lowest BCUT2D eigenvalue weighted by molar-refractivity contribution is -0.148. The summed E-state index contributed by atoms with van der Waals surface area (Å²) in [7, 11) is 0. The molecule has 4 nitrogen and oxygen atoms in total. The van der Waals surface area contributed by atoms with Crippen LogP contribution in [0.1, 0.15) is 12.8 Å². The topological polar surface area (TPSA) is 74.6 Å². The number of carbonyl (C=O) groups excluding carboxylic acids is 2. The van der Waals surface area contributed by atoms with Gasteiger partial charge in [0.05, 0.1) is 0 Å². The Morgan fingerprint density at radius 3 is 2.40 bits per heavy atom. The monoisotopic (exact) mass is 144 g/mol. The third-order valence-corrected chi connectivity index (χ3v) is 1.57. The van der Waals surface area contributed by atoms with Crippen LogP contribution in [0.4, 0.5) is 0 Å². The van der Waals surface area contributed by atoms with E-state index in [-0.39, 0.29) is 12.8 Å². The normalized spacial score (nSPS) is 34.6. The summed E-state index contributed by atoms with van der Waals surface area (Å²) in [4.78, 5) is 21.2. The van der Waals surface area contributed by atoms with Crippen LogP contribution in [0.2, 0.25) is 0 Å². The number of ketones is 2. The van der Waals surface area contributed by atoms with Crippen LogP contribution in [0.25, 0.3) is 0 Å². The molecule has 1 rings (SSSR count). The summed E-state index contributed by atoms with van der Waals surface area (Å²) in [5.74, 6) is -1.26. The molecule has 0 amide bonds. The molecule has 0 radical (unpaired) electrons. The molecule has 1 saturated carbocycles. The molecule has 56 valence electrons. The zero-order valence-corrected chi connectivity index (χ0v) is 5.28. The van der Waals surface area contributed by atoms with Gasteiger partial charge in [-0.2, -0.15) is 0 Å². The van der Waals surface area contributed by atoms with E-state index in [2.05, 4.69) is 0 Å². The summed E-state index contributed by atoms with van der Waals surface area (Å²) >= 11 is 0. The molecule has 0 aromatic heterocycles. The molecule has 4 heteroatoms. The molecule has 1 aliphatic rings. The van der Waals surface area contributed by atoms with Crippen molar-refractivity contribution < 1.29 is 19.8 Å². The molecule has 0 bridgehead atoms. The predicted octanol–water partition coefficient (Wildman–Crippen LogP) is -1.36. The summed E-state index contributed by atoms with van der Waals surface area (Å²) in [6.07, 6.45) is -2.49. The highest BCUT2D eigenvalue weighted by atomic mass is 16.3. The molecule has 0 saturated heterocycles. The van der Waals surface area contributed by atoms with Gasteiger partial charge in [-0.05, 0) is 6.42 Å². The molecule has 0 aromatic rings. The zero-order valence-electron chi connectivity index (χ0n) is 5.28. The predicted molar refractivity (Wildman–Crippen MR) is 31.3 cm³/mol.